The van der Waals surface area contributed by atoms with Crippen molar-refractivity contribution in [3.05, 3.63) is 23.2 Å². The zero-order valence-electron chi connectivity index (χ0n) is 12.2. The second kappa shape index (κ2) is 5.31. The van der Waals surface area contributed by atoms with Crippen LogP contribution in [0.5, 0.6) is 0 Å². The van der Waals surface area contributed by atoms with Gasteiger partial charge in [0.15, 0.2) is 0 Å². The Balaban J connectivity index is 2.11. The molecule has 5 nitrogen and oxygen atoms in total. The van der Waals surface area contributed by atoms with E-state index in [0.717, 1.165) is 12.8 Å². The summed E-state index contributed by atoms with van der Waals surface area (Å²) in [6.45, 7) is 7.08. The number of amides is 1. The van der Waals surface area contributed by atoms with Crippen LogP contribution in [0, 0.1) is 12.3 Å². The molecule has 2 rings (SSSR count). The van der Waals surface area contributed by atoms with Crippen molar-refractivity contribution in [2.75, 3.05) is 6.54 Å². The standard InChI is InChI=1S/C15H21NO4/c1-10-8-11(20-13(10)14(18)19)9-16-7-6-15(2,3)5-4-12(16)17/h8H,4-7,9H2,1-3H3,(H,18,19). The van der Waals surface area contributed by atoms with Gasteiger partial charge in [0.05, 0.1) is 6.54 Å². The lowest BCUT2D eigenvalue weighted by atomic mass is 9.85. The lowest BCUT2D eigenvalue weighted by molar-refractivity contribution is -0.131. The molecule has 1 aromatic rings. The van der Waals surface area contributed by atoms with Crippen LogP contribution in [0.25, 0.3) is 0 Å². The first-order chi connectivity index (χ1) is 9.28. The number of carbonyl (C=O) groups is 2. The number of aryl methyl sites for hydroxylation is 1. The summed E-state index contributed by atoms with van der Waals surface area (Å²) in [7, 11) is 0. The highest BCUT2D eigenvalue weighted by Gasteiger charge is 2.28. The molecule has 1 aliphatic heterocycles. The predicted molar refractivity (Wildman–Crippen MR) is 73.5 cm³/mol. The summed E-state index contributed by atoms with van der Waals surface area (Å²) in [5.74, 6) is -0.464. The van der Waals surface area contributed by atoms with Crippen molar-refractivity contribution in [2.24, 2.45) is 5.41 Å². The lowest BCUT2D eigenvalue weighted by Crippen LogP contribution is -2.29. The van der Waals surface area contributed by atoms with E-state index >= 15 is 0 Å². The van der Waals surface area contributed by atoms with E-state index in [1.807, 2.05) is 0 Å². The third-order valence-corrected chi connectivity index (χ3v) is 3.94. The molecule has 5 heteroatoms. The van der Waals surface area contributed by atoms with Crippen LogP contribution in [-0.4, -0.2) is 28.4 Å². The van der Waals surface area contributed by atoms with Crippen molar-refractivity contribution < 1.29 is 19.1 Å². The van der Waals surface area contributed by atoms with Crippen LogP contribution in [0.15, 0.2) is 10.5 Å². The molecular weight excluding hydrogens is 258 g/mol. The second-order valence-corrected chi connectivity index (χ2v) is 6.26. The minimum Gasteiger partial charge on any atom is -0.475 e. The van der Waals surface area contributed by atoms with E-state index in [1.54, 1.807) is 17.9 Å². The number of carboxylic acids is 1. The summed E-state index contributed by atoms with van der Waals surface area (Å²) in [6, 6.07) is 1.70. The van der Waals surface area contributed by atoms with Crippen molar-refractivity contribution >= 4 is 11.9 Å². The molecule has 0 atom stereocenters. The predicted octanol–water partition coefficient (Wildman–Crippen LogP) is 2.82. The summed E-state index contributed by atoms with van der Waals surface area (Å²) < 4.78 is 5.33. The monoisotopic (exact) mass is 279 g/mol. The summed E-state index contributed by atoms with van der Waals surface area (Å²) in [5, 5.41) is 8.98. The fourth-order valence-electron chi connectivity index (χ4n) is 2.48. The molecule has 1 saturated heterocycles. The molecule has 1 aromatic heterocycles. The highest BCUT2D eigenvalue weighted by atomic mass is 16.4. The van der Waals surface area contributed by atoms with Crippen LogP contribution in [0.2, 0.25) is 0 Å². The third-order valence-electron chi connectivity index (χ3n) is 3.94. The Kier molecular flexibility index (Phi) is 3.88. The molecule has 2 heterocycles. The smallest absolute Gasteiger partial charge is 0.372 e. The number of nitrogens with zero attached hydrogens (tertiary/aromatic N) is 1. The highest BCUT2D eigenvalue weighted by Crippen LogP contribution is 2.31. The van der Waals surface area contributed by atoms with Crippen LogP contribution in [-0.2, 0) is 11.3 Å². The van der Waals surface area contributed by atoms with Crippen molar-refractivity contribution in [3.63, 3.8) is 0 Å². The van der Waals surface area contributed by atoms with E-state index in [0.29, 0.717) is 30.8 Å². The topological polar surface area (TPSA) is 70.8 Å². The van der Waals surface area contributed by atoms with Gasteiger partial charge in [0.2, 0.25) is 11.7 Å². The van der Waals surface area contributed by atoms with Crippen LogP contribution < -0.4 is 0 Å². The first-order valence-electron chi connectivity index (χ1n) is 6.89. The van der Waals surface area contributed by atoms with Crippen LogP contribution in [0.3, 0.4) is 0 Å². The van der Waals surface area contributed by atoms with Gasteiger partial charge in [-0.2, -0.15) is 0 Å². The molecule has 1 N–H and O–H groups in total. The minimum atomic E-state index is -1.07. The Hall–Kier alpha value is -1.78. The van der Waals surface area contributed by atoms with Crippen molar-refractivity contribution in [2.45, 2.75) is 46.6 Å². The second-order valence-electron chi connectivity index (χ2n) is 6.26. The Morgan fingerprint density at radius 2 is 2.15 bits per heavy atom. The van der Waals surface area contributed by atoms with E-state index in [-0.39, 0.29) is 17.1 Å². The number of hydrogen-bond donors (Lipinski definition) is 1. The molecule has 20 heavy (non-hydrogen) atoms. The number of aromatic carboxylic acids is 1. The van der Waals surface area contributed by atoms with E-state index < -0.39 is 5.97 Å². The molecule has 0 unspecified atom stereocenters. The first-order valence-corrected chi connectivity index (χ1v) is 6.89. The zero-order valence-corrected chi connectivity index (χ0v) is 12.2. The fraction of sp³-hybridized carbons (Fsp3) is 0.600. The average molecular weight is 279 g/mol. The quantitative estimate of drug-likeness (QED) is 0.923. The molecular formula is C15H21NO4. The van der Waals surface area contributed by atoms with E-state index in [2.05, 4.69) is 13.8 Å². The molecule has 0 aliphatic carbocycles. The summed E-state index contributed by atoms with van der Waals surface area (Å²) in [5.41, 5.74) is 0.769. The minimum absolute atomic E-state index is 0.0393. The van der Waals surface area contributed by atoms with Crippen LogP contribution >= 0.6 is 0 Å². The number of furan rings is 1. The highest BCUT2D eigenvalue weighted by molar-refractivity contribution is 5.86. The molecule has 0 aromatic carbocycles. The Morgan fingerprint density at radius 3 is 2.75 bits per heavy atom. The first kappa shape index (κ1) is 14.6. The van der Waals surface area contributed by atoms with Crippen LogP contribution in [0.1, 0.15) is 55.0 Å². The van der Waals surface area contributed by atoms with Gasteiger partial charge in [0, 0.05) is 18.5 Å². The maximum Gasteiger partial charge on any atom is 0.372 e. The Labute approximate surface area is 118 Å². The van der Waals surface area contributed by atoms with E-state index in [1.165, 1.54) is 0 Å². The average Bonchev–Trinajstić information content (AvgIpc) is 2.67. The van der Waals surface area contributed by atoms with Crippen molar-refractivity contribution in [1.82, 2.24) is 4.90 Å². The lowest BCUT2D eigenvalue weighted by Gasteiger charge is -2.22. The van der Waals surface area contributed by atoms with Gasteiger partial charge in [0.1, 0.15) is 5.76 Å². The summed E-state index contributed by atoms with van der Waals surface area (Å²) in [6.07, 6.45) is 2.38. The van der Waals surface area contributed by atoms with Gasteiger partial charge < -0.3 is 14.4 Å². The number of carboxylic acid groups (broad SMARTS) is 1. The third kappa shape index (κ3) is 3.21. The maximum absolute atomic E-state index is 12.1. The van der Waals surface area contributed by atoms with Gasteiger partial charge in [-0.25, -0.2) is 4.79 Å². The molecule has 0 radical (unpaired) electrons. The van der Waals surface area contributed by atoms with Gasteiger partial charge in [0.25, 0.3) is 0 Å². The molecule has 1 fully saturated rings. The van der Waals surface area contributed by atoms with E-state index in [9.17, 15) is 9.59 Å². The normalized spacial score (nSPS) is 18.9. The van der Waals surface area contributed by atoms with Crippen molar-refractivity contribution in [3.8, 4) is 0 Å². The van der Waals surface area contributed by atoms with Gasteiger partial charge >= 0.3 is 5.97 Å². The fourth-order valence-corrected chi connectivity index (χ4v) is 2.48. The Bertz CT molecular complexity index is 530. The SMILES string of the molecule is Cc1cc(CN2CCC(C)(C)CCC2=O)oc1C(=O)O. The van der Waals surface area contributed by atoms with E-state index in [4.69, 9.17) is 9.52 Å². The maximum atomic E-state index is 12.1. The van der Waals surface area contributed by atoms with Gasteiger partial charge in [-0.15, -0.1) is 0 Å². The summed E-state index contributed by atoms with van der Waals surface area (Å²) >= 11 is 0. The van der Waals surface area contributed by atoms with Gasteiger partial charge in [-0.3, -0.25) is 4.79 Å². The zero-order chi connectivity index (χ0) is 14.9. The Morgan fingerprint density at radius 1 is 1.45 bits per heavy atom. The molecule has 0 bridgehead atoms. The number of carbonyl (C=O) groups excluding carboxylic acids is 1. The molecule has 110 valence electrons. The van der Waals surface area contributed by atoms with Crippen LogP contribution in [0.4, 0.5) is 0 Å². The van der Waals surface area contributed by atoms with Crippen molar-refractivity contribution in [1.29, 1.82) is 0 Å². The molecule has 1 aliphatic rings. The number of rotatable bonds is 3. The summed E-state index contributed by atoms with van der Waals surface area (Å²) in [4.78, 5) is 24.8. The van der Waals surface area contributed by atoms with Gasteiger partial charge in [-0.1, -0.05) is 13.8 Å². The molecule has 1 amide bonds. The number of hydrogen-bond acceptors (Lipinski definition) is 3. The number of likely N-dealkylation sites (tertiary alicyclic amines) is 1. The van der Waals surface area contributed by atoms with Gasteiger partial charge in [-0.05, 0) is 31.2 Å². The molecule has 0 saturated carbocycles. The largest absolute Gasteiger partial charge is 0.475 e. The molecule has 0 spiro atoms.